The molecule has 1 aliphatic carbocycles. The minimum Gasteiger partial charge on any atom is -0.497 e. The maximum Gasteiger partial charge on any atom is 0.223 e. The second-order valence-electron chi connectivity index (χ2n) is 6.30. The molecule has 5 nitrogen and oxygen atoms in total. The van der Waals surface area contributed by atoms with Crippen LogP contribution in [0, 0.1) is 5.92 Å². The summed E-state index contributed by atoms with van der Waals surface area (Å²) in [7, 11) is 3.27. The summed E-state index contributed by atoms with van der Waals surface area (Å²) in [6.45, 7) is 0.583. The Bertz CT molecular complexity index is 561. The highest BCUT2D eigenvalue weighted by Gasteiger charge is 2.42. The van der Waals surface area contributed by atoms with Crippen LogP contribution in [0.25, 0.3) is 0 Å². The number of carbonyl (C=O) groups excluding carboxylic acids is 1. The van der Waals surface area contributed by atoms with Gasteiger partial charge in [-0.25, -0.2) is 0 Å². The minimum atomic E-state index is 0.215. The predicted molar refractivity (Wildman–Crippen MR) is 83.8 cm³/mol. The molecule has 1 saturated carbocycles. The molecule has 0 bridgehead atoms. The van der Waals surface area contributed by atoms with Gasteiger partial charge in [0, 0.05) is 36.7 Å². The number of hydrogen-bond donors (Lipinski definition) is 1. The summed E-state index contributed by atoms with van der Waals surface area (Å²) in [4.78, 5) is 14.4. The molecule has 2 fully saturated rings. The van der Waals surface area contributed by atoms with E-state index in [9.17, 15) is 4.79 Å². The molecule has 0 unspecified atom stereocenters. The Morgan fingerprint density at radius 2 is 2.09 bits per heavy atom. The zero-order valence-corrected chi connectivity index (χ0v) is 13.2. The zero-order chi connectivity index (χ0) is 15.7. The van der Waals surface area contributed by atoms with Crippen LogP contribution in [0.3, 0.4) is 0 Å². The topological polar surface area (TPSA) is 64.8 Å². The van der Waals surface area contributed by atoms with Crippen LogP contribution in [-0.2, 0) is 11.3 Å². The van der Waals surface area contributed by atoms with Crippen LogP contribution in [0.5, 0.6) is 11.5 Å². The van der Waals surface area contributed by atoms with E-state index in [1.807, 2.05) is 23.1 Å². The number of fused-ring (bicyclic) bond motifs is 1. The molecular formula is C17H24N2O3. The van der Waals surface area contributed by atoms with Crippen molar-refractivity contribution in [3.8, 4) is 11.5 Å². The molecule has 0 aromatic heterocycles. The molecule has 1 amide bonds. The number of rotatable bonds is 4. The number of carbonyl (C=O) groups is 1. The number of amides is 1. The van der Waals surface area contributed by atoms with E-state index in [-0.39, 0.29) is 18.0 Å². The van der Waals surface area contributed by atoms with E-state index in [1.54, 1.807) is 14.2 Å². The Labute approximate surface area is 131 Å². The second-order valence-corrected chi connectivity index (χ2v) is 6.30. The average molecular weight is 304 g/mol. The van der Waals surface area contributed by atoms with Crippen LogP contribution in [0.1, 0.15) is 31.2 Å². The van der Waals surface area contributed by atoms with Crippen molar-refractivity contribution in [1.29, 1.82) is 0 Å². The van der Waals surface area contributed by atoms with Crippen LogP contribution >= 0.6 is 0 Å². The first-order chi connectivity index (χ1) is 10.6. The molecule has 3 atom stereocenters. The second kappa shape index (κ2) is 6.16. The lowest BCUT2D eigenvalue weighted by molar-refractivity contribution is -0.129. The quantitative estimate of drug-likeness (QED) is 0.923. The Morgan fingerprint density at radius 3 is 2.82 bits per heavy atom. The highest BCUT2D eigenvalue weighted by atomic mass is 16.5. The zero-order valence-electron chi connectivity index (χ0n) is 13.2. The van der Waals surface area contributed by atoms with Crippen LogP contribution in [0.2, 0.25) is 0 Å². The molecule has 3 rings (SSSR count). The number of likely N-dealkylation sites (tertiary alicyclic amines) is 1. The Hall–Kier alpha value is -1.75. The van der Waals surface area contributed by atoms with Crippen molar-refractivity contribution in [2.75, 3.05) is 14.2 Å². The van der Waals surface area contributed by atoms with Gasteiger partial charge in [-0.2, -0.15) is 0 Å². The minimum absolute atomic E-state index is 0.215. The SMILES string of the molecule is COc1ccc(CN2C(=O)C[C@@H]3CC[C@H](N)C[C@H]32)c(OC)c1. The smallest absolute Gasteiger partial charge is 0.223 e. The van der Waals surface area contributed by atoms with Crippen molar-refractivity contribution in [1.82, 2.24) is 4.90 Å². The van der Waals surface area contributed by atoms with E-state index in [0.717, 1.165) is 36.3 Å². The molecule has 1 aliphatic heterocycles. The number of nitrogens with two attached hydrogens (primary N) is 1. The molecule has 1 aromatic carbocycles. The van der Waals surface area contributed by atoms with E-state index >= 15 is 0 Å². The third kappa shape index (κ3) is 2.77. The Kier molecular flexibility index (Phi) is 4.25. The Balaban J connectivity index is 1.81. The van der Waals surface area contributed by atoms with Gasteiger partial charge in [-0.3, -0.25) is 4.79 Å². The summed E-state index contributed by atoms with van der Waals surface area (Å²) in [6, 6.07) is 6.24. The fourth-order valence-electron chi connectivity index (χ4n) is 3.76. The van der Waals surface area contributed by atoms with E-state index in [0.29, 0.717) is 18.9 Å². The van der Waals surface area contributed by atoms with E-state index < -0.39 is 0 Å². The first kappa shape index (κ1) is 15.2. The lowest BCUT2D eigenvalue weighted by atomic mass is 9.82. The van der Waals surface area contributed by atoms with Gasteiger partial charge in [-0.05, 0) is 37.3 Å². The van der Waals surface area contributed by atoms with Crippen LogP contribution in [-0.4, -0.2) is 37.1 Å². The standard InChI is InChI=1S/C17H24N2O3/c1-21-14-6-4-12(16(9-14)22-2)10-19-15-8-13(18)5-3-11(15)7-17(19)20/h4,6,9,11,13,15H,3,5,7-8,10,18H2,1-2H3/t11-,13-,15+/m0/s1. The van der Waals surface area contributed by atoms with Gasteiger partial charge in [0.05, 0.1) is 14.2 Å². The van der Waals surface area contributed by atoms with Gasteiger partial charge in [-0.15, -0.1) is 0 Å². The van der Waals surface area contributed by atoms with Crippen LogP contribution in [0.4, 0.5) is 0 Å². The normalized spacial score (nSPS) is 27.7. The molecule has 22 heavy (non-hydrogen) atoms. The van der Waals surface area contributed by atoms with Gasteiger partial charge in [-0.1, -0.05) is 0 Å². The van der Waals surface area contributed by atoms with Gasteiger partial charge < -0.3 is 20.1 Å². The van der Waals surface area contributed by atoms with E-state index in [2.05, 4.69) is 0 Å². The summed E-state index contributed by atoms with van der Waals surface area (Å²) in [6.07, 6.45) is 3.67. The molecule has 2 N–H and O–H groups in total. The molecule has 120 valence electrons. The molecule has 1 heterocycles. The van der Waals surface area contributed by atoms with Crippen molar-refractivity contribution in [2.45, 2.75) is 44.3 Å². The van der Waals surface area contributed by atoms with E-state index in [1.165, 1.54) is 0 Å². The molecule has 1 saturated heterocycles. The van der Waals surface area contributed by atoms with Gasteiger partial charge in [0.1, 0.15) is 11.5 Å². The number of hydrogen-bond acceptors (Lipinski definition) is 4. The van der Waals surface area contributed by atoms with E-state index in [4.69, 9.17) is 15.2 Å². The first-order valence-electron chi connectivity index (χ1n) is 7.88. The summed E-state index contributed by atoms with van der Waals surface area (Å²) in [5.74, 6) is 2.22. The predicted octanol–water partition coefficient (Wildman–Crippen LogP) is 1.93. The highest BCUT2D eigenvalue weighted by molar-refractivity contribution is 5.79. The van der Waals surface area contributed by atoms with Crippen LogP contribution < -0.4 is 15.2 Å². The highest BCUT2D eigenvalue weighted by Crippen LogP contribution is 2.38. The summed E-state index contributed by atoms with van der Waals surface area (Å²) in [5, 5.41) is 0. The van der Waals surface area contributed by atoms with Gasteiger partial charge in [0.2, 0.25) is 5.91 Å². The maximum atomic E-state index is 12.4. The monoisotopic (exact) mass is 304 g/mol. The molecule has 2 aliphatic rings. The summed E-state index contributed by atoms with van der Waals surface area (Å²) < 4.78 is 10.7. The summed E-state index contributed by atoms with van der Waals surface area (Å²) >= 11 is 0. The number of benzene rings is 1. The lowest BCUT2D eigenvalue weighted by Crippen LogP contribution is -2.42. The molecule has 1 aromatic rings. The summed E-state index contributed by atoms with van der Waals surface area (Å²) in [5.41, 5.74) is 7.12. The molecular weight excluding hydrogens is 280 g/mol. The van der Waals surface area contributed by atoms with Gasteiger partial charge in [0.15, 0.2) is 0 Å². The third-order valence-electron chi connectivity index (χ3n) is 4.99. The third-order valence-corrected chi connectivity index (χ3v) is 4.99. The van der Waals surface area contributed by atoms with Gasteiger partial charge in [0.25, 0.3) is 0 Å². The maximum absolute atomic E-state index is 12.4. The van der Waals surface area contributed by atoms with Crippen LogP contribution in [0.15, 0.2) is 18.2 Å². The fourth-order valence-corrected chi connectivity index (χ4v) is 3.76. The van der Waals surface area contributed by atoms with Crippen molar-refractivity contribution in [2.24, 2.45) is 11.7 Å². The fraction of sp³-hybridized carbons (Fsp3) is 0.588. The van der Waals surface area contributed by atoms with Crippen molar-refractivity contribution in [3.05, 3.63) is 23.8 Å². The molecule has 0 spiro atoms. The number of methoxy groups -OCH3 is 2. The van der Waals surface area contributed by atoms with Crippen molar-refractivity contribution >= 4 is 5.91 Å². The number of ether oxygens (including phenoxy) is 2. The van der Waals surface area contributed by atoms with Gasteiger partial charge >= 0.3 is 0 Å². The average Bonchev–Trinajstić information content (AvgIpc) is 2.83. The largest absolute Gasteiger partial charge is 0.497 e. The first-order valence-corrected chi connectivity index (χ1v) is 7.88. The number of nitrogens with zero attached hydrogens (tertiary/aromatic N) is 1. The van der Waals surface area contributed by atoms with Crippen molar-refractivity contribution < 1.29 is 14.3 Å². The van der Waals surface area contributed by atoms with Crippen molar-refractivity contribution in [3.63, 3.8) is 0 Å². The lowest BCUT2D eigenvalue weighted by Gasteiger charge is -2.34. The Morgan fingerprint density at radius 1 is 1.27 bits per heavy atom. The molecule has 5 heteroatoms. The molecule has 0 radical (unpaired) electrons.